The average molecular weight is 703 g/mol. The van der Waals surface area contributed by atoms with Crippen molar-refractivity contribution in [1.82, 2.24) is 10.3 Å². The third-order valence-electron chi connectivity index (χ3n) is 8.95. The maximum absolute atomic E-state index is 14.2. The normalized spacial score (nSPS) is 15.1. The smallest absolute Gasteiger partial charge is 0.408 e. The third kappa shape index (κ3) is 12.3. The Bertz CT molecular complexity index is 1230. The van der Waals surface area contributed by atoms with Crippen LogP contribution in [0.3, 0.4) is 0 Å². The van der Waals surface area contributed by atoms with Crippen LogP contribution in [0.2, 0.25) is 16.6 Å². The summed E-state index contributed by atoms with van der Waals surface area (Å²) in [5, 5.41) is 13.5. The number of carbonyl (C=O) groups excluding carboxylic acids is 3. The lowest BCUT2D eigenvalue weighted by Crippen LogP contribution is -2.56. The van der Waals surface area contributed by atoms with E-state index in [2.05, 4.69) is 58.8 Å². The molecule has 1 aromatic heterocycles. The fourth-order valence-corrected chi connectivity index (χ4v) is 13.0. The second-order valence-electron chi connectivity index (χ2n) is 13.5. The maximum Gasteiger partial charge on any atom is 0.408 e. The highest BCUT2D eigenvalue weighted by Gasteiger charge is 2.50. The summed E-state index contributed by atoms with van der Waals surface area (Å²) in [6, 6.07) is 13.2. The van der Waals surface area contributed by atoms with Crippen molar-refractivity contribution in [2.24, 2.45) is 5.92 Å². The number of aliphatic hydroxyl groups is 1. The summed E-state index contributed by atoms with van der Waals surface area (Å²) in [6.07, 6.45) is 2.37. The molecular weight excluding hydrogens is 645 g/mol. The van der Waals surface area contributed by atoms with Crippen LogP contribution in [-0.2, 0) is 30.1 Å². The van der Waals surface area contributed by atoms with Crippen LogP contribution in [0.1, 0.15) is 100.0 Å². The molecule has 11 heteroatoms. The van der Waals surface area contributed by atoms with Crippen LogP contribution >= 0.6 is 11.8 Å². The largest absolute Gasteiger partial charge is 0.458 e. The fraction of sp³-hybridized carbons (Fsp3) is 0.622. The lowest BCUT2D eigenvalue weighted by atomic mass is 9.93. The lowest BCUT2D eigenvalue weighted by molar-refractivity contribution is -0.161. The molecule has 48 heavy (non-hydrogen) atoms. The van der Waals surface area contributed by atoms with E-state index < -0.39 is 50.7 Å². The summed E-state index contributed by atoms with van der Waals surface area (Å²) in [6.45, 7) is 18.3. The standard InChI is InChI=1S/C37H58N2O7SSi/c1-10-11-12-16-21-31(36(42)47-32-22-17-18-23-38-32)34(46-48(25(2)3,26(4)5)27(6)7)29(9)45-35(41)33(28(8)40)39-37(43)44-24-30-19-14-13-15-20-30/h13-15,17-20,22-23,25-29,31,33-34,40H,10-12,16,21,24H2,1-9H3,(H,39,43)/t28-,29+,31-,33+,34+/m1/s1. The summed E-state index contributed by atoms with van der Waals surface area (Å²) < 4.78 is 18.7. The van der Waals surface area contributed by atoms with Gasteiger partial charge in [-0.15, -0.1) is 0 Å². The first kappa shape index (κ1) is 41.4. The number of hydrogen-bond acceptors (Lipinski definition) is 9. The number of unbranched alkanes of at least 4 members (excludes halogenated alkanes) is 3. The van der Waals surface area contributed by atoms with Crippen molar-refractivity contribution in [3.63, 3.8) is 0 Å². The van der Waals surface area contributed by atoms with E-state index in [9.17, 15) is 19.5 Å². The van der Waals surface area contributed by atoms with E-state index in [1.54, 1.807) is 19.2 Å². The van der Waals surface area contributed by atoms with Gasteiger partial charge in [0, 0.05) is 6.20 Å². The van der Waals surface area contributed by atoms with E-state index in [0.29, 0.717) is 11.4 Å². The molecule has 1 aromatic carbocycles. The highest BCUT2D eigenvalue weighted by Crippen LogP contribution is 2.45. The van der Waals surface area contributed by atoms with E-state index >= 15 is 0 Å². The van der Waals surface area contributed by atoms with Crippen molar-refractivity contribution < 1.29 is 33.4 Å². The van der Waals surface area contributed by atoms with Crippen LogP contribution < -0.4 is 5.32 Å². The van der Waals surface area contributed by atoms with Crippen LogP contribution in [-0.4, -0.2) is 59.9 Å². The van der Waals surface area contributed by atoms with Gasteiger partial charge in [-0.1, -0.05) is 111 Å². The maximum atomic E-state index is 14.2. The second-order valence-corrected chi connectivity index (χ2v) is 19.9. The Labute approximate surface area is 293 Å². The number of nitrogens with zero attached hydrogens (tertiary/aromatic N) is 1. The van der Waals surface area contributed by atoms with Crippen molar-refractivity contribution in [2.45, 2.75) is 147 Å². The van der Waals surface area contributed by atoms with Crippen LogP contribution in [0.4, 0.5) is 4.79 Å². The molecule has 0 unspecified atom stereocenters. The molecule has 0 saturated carbocycles. The number of hydrogen-bond donors (Lipinski definition) is 2. The predicted octanol–water partition coefficient (Wildman–Crippen LogP) is 8.46. The molecule has 268 valence electrons. The Morgan fingerprint density at radius 3 is 2.04 bits per heavy atom. The number of amides is 1. The van der Waals surface area contributed by atoms with Gasteiger partial charge in [0.2, 0.25) is 13.4 Å². The number of aliphatic hydroxyl groups excluding tert-OH is 1. The molecule has 2 N–H and O–H groups in total. The summed E-state index contributed by atoms with van der Waals surface area (Å²) >= 11 is 1.09. The Kier molecular flexibility index (Phi) is 17.9. The molecule has 0 fully saturated rings. The van der Waals surface area contributed by atoms with Crippen LogP contribution in [0.15, 0.2) is 59.8 Å². The lowest BCUT2D eigenvalue weighted by Gasteiger charge is -2.47. The minimum atomic E-state index is -2.59. The number of pyridine rings is 1. The molecule has 1 amide bonds. The van der Waals surface area contributed by atoms with Gasteiger partial charge in [-0.25, -0.2) is 14.6 Å². The van der Waals surface area contributed by atoms with Gasteiger partial charge in [-0.05, 0) is 66.3 Å². The number of aromatic nitrogens is 1. The Morgan fingerprint density at radius 2 is 1.50 bits per heavy atom. The number of benzene rings is 1. The van der Waals surface area contributed by atoms with E-state index in [4.69, 9.17) is 13.9 Å². The van der Waals surface area contributed by atoms with Gasteiger partial charge in [-0.2, -0.15) is 0 Å². The Morgan fingerprint density at radius 1 is 0.875 bits per heavy atom. The number of alkyl carbamates (subject to hydrolysis) is 1. The predicted molar refractivity (Wildman–Crippen MR) is 194 cm³/mol. The van der Waals surface area contributed by atoms with Crippen molar-refractivity contribution in [1.29, 1.82) is 0 Å². The second kappa shape index (κ2) is 20.7. The molecule has 5 atom stereocenters. The summed E-state index contributed by atoms with van der Waals surface area (Å²) in [4.78, 5) is 44.9. The molecule has 0 spiro atoms. The van der Waals surface area contributed by atoms with E-state index in [-0.39, 0.29) is 28.3 Å². The number of carbonyl (C=O) groups is 3. The molecule has 0 radical (unpaired) electrons. The molecule has 2 aromatic rings. The number of ether oxygens (including phenoxy) is 2. The molecule has 2 rings (SSSR count). The molecular formula is C37H58N2O7SSi. The van der Waals surface area contributed by atoms with Crippen LogP contribution in [0.25, 0.3) is 0 Å². The Hall–Kier alpha value is -2.73. The first-order valence-corrected chi connectivity index (χ1v) is 20.4. The van der Waals surface area contributed by atoms with Crippen molar-refractivity contribution >= 4 is 37.3 Å². The number of thioether (sulfide) groups is 1. The molecule has 0 aliphatic rings. The number of esters is 1. The first-order chi connectivity index (χ1) is 22.7. The monoisotopic (exact) mass is 702 g/mol. The first-order valence-electron chi connectivity index (χ1n) is 17.4. The molecule has 9 nitrogen and oxygen atoms in total. The summed E-state index contributed by atoms with van der Waals surface area (Å²) in [7, 11) is -2.59. The number of nitrogens with one attached hydrogen (secondary N) is 1. The molecule has 1 heterocycles. The van der Waals surface area contributed by atoms with Gasteiger partial charge in [0.1, 0.15) is 17.7 Å². The van der Waals surface area contributed by atoms with Gasteiger partial charge in [-0.3, -0.25) is 4.79 Å². The Balaban J connectivity index is 2.44. The molecule has 0 aliphatic heterocycles. The molecule has 0 aliphatic carbocycles. The highest BCUT2D eigenvalue weighted by atomic mass is 32.2. The minimum Gasteiger partial charge on any atom is -0.458 e. The molecule has 0 bridgehead atoms. The van der Waals surface area contributed by atoms with Crippen molar-refractivity contribution in [3.8, 4) is 0 Å². The van der Waals surface area contributed by atoms with Gasteiger partial charge in [0.15, 0.2) is 6.04 Å². The van der Waals surface area contributed by atoms with E-state index in [1.807, 2.05) is 42.5 Å². The number of rotatable bonds is 20. The van der Waals surface area contributed by atoms with Crippen molar-refractivity contribution in [2.75, 3.05) is 0 Å². The minimum absolute atomic E-state index is 0.00262. The SMILES string of the molecule is CCCCCC[C@@H](C(=O)Sc1ccccn1)[C@@H](O[Si](C(C)C)(C(C)C)C(C)C)[C@H](C)OC(=O)[C@@H](NC(=O)OCc1ccccc1)[C@@H](C)O. The van der Waals surface area contributed by atoms with Gasteiger partial charge in [0.05, 0.1) is 18.1 Å². The van der Waals surface area contributed by atoms with Gasteiger partial charge < -0.3 is 24.3 Å². The zero-order chi connectivity index (χ0) is 35.9. The van der Waals surface area contributed by atoms with Gasteiger partial charge in [0.25, 0.3) is 0 Å². The highest BCUT2D eigenvalue weighted by molar-refractivity contribution is 8.13. The van der Waals surface area contributed by atoms with E-state index in [0.717, 1.165) is 43.0 Å². The summed E-state index contributed by atoms with van der Waals surface area (Å²) in [5.74, 6) is -1.42. The fourth-order valence-electron chi connectivity index (χ4n) is 6.53. The van der Waals surface area contributed by atoms with E-state index in [1.165, 1.54) is 6.92 Å². The van der Waals surface area contributed by atoms with Crippen LogP contribution in [0, 0.1) is 5.92 Å². The zero-order valence-electron chi connectivity index (χ0n) is 30.3. The van der Waals surface area contributed by atoms with Crippen molar-refractivity contribution in [3.05, 3.63) is 60.3 Å². The van der Waals surface area contributed by atoms with Crippen LogP contribution in [0.5, 0.6) is 0 Å². The third-order valence-corrected chi connectivity index (χ3v) is 16.0. The van der Waals surface area contributed by atoms with Gasteiger partial charge >= 0.3 is 12.1 Å². The average Bonchev–Trinajstić information content (AvgIpc) is 3.03. The zero-order valence-corrected chi connectivity index (χ0v) is 32.1. The quantitative estimate of drug-likeness (QED) is 0.0605. The molecule has 0 saturated heterocycles. The topological polar surface area (TPSA) is 124 Å². The summed E-state index contributed by atoms with van der Waals surface area (Å²) in [5.41, 5.74) is 1.43.